The number of fused-ring (bicyclic) bond motifs is 1. The lowest BCUT2D eigenvalue weighted by Gasteiger charge is -2.14. The minimum absolute atomic E-state index is 0.0358. The number of nitrogens with zero attached hydrogens (tertiary/aromatic N) is 2. The van der Waals surface area contributed by atoms with E-state index in [1.165, 1.54) is 0 Å². The molecule has 0 saturated heterocycles. The maximum atomic E-state index is 11.3. The molecule has 1 aliphatic carbocycles. The average molecular weight is 287 g/mol. The maximum Gasteiger partial charge on any atom is 0.282 e. The number of carbonyl (C=O) groups excluding carboxylic acids is 1. The first-order valence-electron chi connectivity index (χ1n) is 3.68. The molecule has 0 aromatic rings. The van der Waals surface area contributed by atoms with Crippen LogP contribution in [0.4, 0.5) is 0 Å². The van der Waals surface area contributed by atoms with Crippen LogP contribution >= 0.6 is 22.6 Å². The minimum atomic E-state index is -0.298. The molecule has 2 N–H and O–H groups in total. The van der Waals surface area contributed by atoms with Crippen LogP contribution in [0, 0.1) is 0 Å². The highest BCUT2D eigenvalue weighted by Crippen LogP contribution is 2.18. The maximum absolute atomic E-state index is 11.3. The second-order valence-electron chi connectivity index (χ2n) is 2.66. The van der Waals surface area contributed by atoms with Crippen molar-refractivity contribution in [1.29, 1.82) is 0 Å². The largest absolute Gasteiger partial charge is 0.368 e. The fourth-order valence-corrected chi connectivity index (χ4v) is 1.73. The summed E-state index contributed by atoms with van der Waals surface area (Å²) in [7, 11) is 0. The van der Waals surface area contributed by atoms with E-state index in [4.69, 9.17) is 5.73 Å². The Hall–Kier alpha value is -0.980. The standard InChI is InChI=1S/C8H6IN3O/c9-4-1-2-6-5(3-4)7(13)12-8(10)11-6/h1-4H,(H2,10,12,13). The molecule has 2 aliphatic rings. The van der Waals surface area contributed by atoms with Crippen LogP contribution in [0.5, 0.6) is 0 Å². The minimum Gasteiger partial charge on any atom is -0.368 e. The monoisotopic (exact) mass is 287 g/mol. The van der Waals surface area contributed by atoms with Gasteiger partial charge in [-0.1, -0.05) is 34.7 Å². The van der Waals surface area contributed by atoms with Crippen LogP contribution in [0.25, 0.3) is 0 Å². The SMILES string of the molecule is NC1=NC(=O)C2=CC(I)C=CC2=N1. The first-order chi connectivity index (χ1) is 6.16. The van der Waals surface area contributed by atoms with Gasteiger partial charge in [0.2, 0.25) is 5.96 Å². The molecular weight excluding hydrogens is 281 g/mol. The number of carbonyl (C=O) groups is 1. The number of aliphatic imine (C=N–C) groups is 2. The molecular formula is C8H6IN3O. The Kier molecular flexibility index (Phi) is 2.03. The van der Waals surface area contributed by atoms with Gasteiger partial charge in [0.25, 0.3) is 5.91 Å². The summed E-state index contributed by atoms with van der Waals surface area (Å²) in [5, 5.41) is 0. The highest BCUT2D eigenvalue weighted by molar-refractivity contribution is 14.1. The summed E-state index contributed by atoms with van der Waals surface area (Å²) in [5.74, 6) is -0.262. The van der Waals surface area contributed by atoms with E-state index in [0.29, 0.717) is 11.3 Å². The molecule has 5 heteroatoms. The Morgan fingerprint density at radius 2 is 2.23 bits per heavy atom. The summed E-state index contributed by atoms with van der Waals surface area (Å²) in [4.78, 5) is 18.8. The Morgan fingerprint density at radius 1 is 1.46 bits per heavy atom. The molecule has 0 saturated carbocycles. The molecule has 0 fully saturated rings. The molecule has 0 aromatic carbocycles. The van der Waals surface area contributed by atoms with Crippen LogP contribution in [0.3, 0.4) is 0 Å². The van der Waals surface area contributed by atoms with E-state index in [9.17, 15) is 4.79 Å². The normalized spacial score (nSPS) is 26.1. The molecule has 66 valence electrons. The summed E-state index contributed by atoms with van der Waals surface area (Å²) >= 11 is 2.21. The summed E-state index contributed by atoms with van der Waals surface area (Å²) in [5.41, 5.74) is 6.51. The third-order valence-electron chi connectivity index (χ3n) is 1.72. The molecule has 1 atom stereocenters. The van der Waals surface area contributed by atoms with Crippen molar-refractivity contribution in [1.82, 2.24) is 0 Å². The van der Waals surface area contributed by atoms with Gasteiger partial charge in [0, 0.05) is 3.92 Å². The van der Waals surface area contributed by atoms with Crippen LogP contribution in [0.1, 0.15) is 0 Å². The van der Waals surface area contributed by atoms with Gasteiger partial charge >= 0.3 is 0 Å². The predicted molar refractivity (Wildman–Crippen MR) is 59.1 cm³/mol. The quantitative estimate of drug-likeness (QED) is 0.523. The second-order valence-corrected chi connectivity index (χ2v) is 4.09. The van der Waals surface area contributed by atoms with Crippen LogP contribution in [-0.2, 0) is 4.79 Å². The van der Waals surface area contributed by atoms with Crippen molar-refractivity contribution in [3.63, 3.8) is 0 Å². The van der Waals surface area contributed by atoms with E-state index >= 15 is 0 Å². The number of halogens is 1. The molecule has 1 unspecified atom stereocenters. The number of nitrogens with two attached hydrogens (primary N) is 1. The van der Waals surface area contributed by atoms with E-state index in [1.807, 2.05) is 12.2 Å². The van der Waals surface area contributed by atoms with Gasteiger partial charge in [-0.05, 0) is 6.08 Å². The smallest absolute Gasteiger partial charge is 0.282 e. The first kappa shape index (κ1) is 8.61. The topological polar surface area (TPSA) is 67.8 Å². The van der Waals surface area contributed by atoms with Crippen molar-refractivity contribution in [2.45, 2.75) is 3.92 Å². The van der Waals surface area contributed by atoms with E-state index in [0.717, 1.165) is 0 Å². The van der Waals surface area contributed by atoms with Gasteiger partial charge in [0.1, 0.15) is 0 Å². The van der Waals surface area contributed by atoms with Crippen molar-refractivity contribution in [3.05, 3.63) is 23.8 Å². The fraction of sp³-hybridized carbons (Fsp3) is 0.125. The molecule has 1 heterocycles. The zero-order valence-corrected chi connectivity index (χ0v) is 8.72. The van der Waals surface area contributed by atoms with Crippen LogP contribution in [-0.4, -0.2) is 21.5 Å². The van der Waals surface area contributed by atoms with Gasteiger partial charge in [0.15, 0.2) is 0 Å². The van der Waals surface area contributed by atoms with Crippen molar-refractivity contribution in [3.8, 4) is 0 Å². The lowest BCUT2D eigenvalue weighted by molar-refractivity contribution is -0.113. The van der Waals surface area contributed by atoms with Crippen molar-refractivity contribution >= 4 is 40.2 Å². The van der Waals surface area contributed by atoms with Crippen LogP contribution < -0.4 is 5.73 Å². The molecule has 0 bridgehead atoms. The first-order valence-corrected chi connectivity index (χ1v) is 4.93. The fourth-order valence-electron chi connectivity index (χ4n) is 1.16. The van der Waals surface area contributed by atoms with E-state index in [-0.39, 0.29) is 15.8 Å². The second kappa shape index (κ2) is 3.06. The summed E-state index contributed by atoms with van der Waals surface area (Å²) in [6.07, 6.45) is 5.58. The van der Waals surface area contributed by atoms with E-state index in [2.05, 4.69) is 32.6 Å². The zero-order chi connectivity index (χ0) is 9.42. The number of alkyl halides is 1. The number of hydrogen-bond acceptors (Lipinski definition) is 3. The van der Waals surface area contributed by atoms with Gasteiger partial charge in [0.05, 0.1) is 11.3 Å². The Labute approximate surface area is 88.5 Å². The molecule has 1 amide bonds. The number of rotatable bonds is 0. The lowest BCUT2D eigenvalue weighted by Crippen LogP contribution is -2.25. The zero-order valence-electron chi connectivity index (χ0n) is 6.57. The number of hydrogen-bond donors (Lipinski definition) is 1. The average Bonchev–Trinajstić information content (AvgIpc) is 2.06. The third kappa shape index (κ3) is 1.55. The highest BCUT2D eigenvalue weighted by atomic mass is 127. The van der Waals surface area contributed by atoms with Crippen molar-refractivity contribution in [2.24, 2.45) is 15.7 Å². The van der Waals surface area contributed by atoms with Gasteiger partial charge in [-0.15, -0.1) is 0 Å². The number of guanidine groups is 1. The van der Waals surface area contributed by atoms with Gasteiger partial charge in [-0.25, -0.2) is 4.99 Å². The Morgan fingerprint density at radius 3 is 3.00 bits per heavy atom. The third-order valence-corrected chi connectivity index (χ3v) is 2.50. The van der Waals surface area contributed by atoms with E-state index in [1.54, 1.807) is 6.08 Å². The van der Waals surface area contributed by atoms with Crippen LogP contribution in [0.15, 0.2) is 33.8 Å². The molecule has 13 heavy (non-hydrogen) atoms. The molecule has 0 radical (unpaired) electrons. The van der Waals surface area contributed by atoms with Crippen molar-refractivity contribution in [2.75, 3.05) is 0 Å². The molecule has 1 aliphatic heterocycles. The summed E-state index contributed by atoms with van der Waals surface area (Å²) in [6, 6.07) is 0. The molecule has 0 spiro atoms. The summed E-state index contributed by atoms with van der Waals surface area (Å²) in [6.45, 7) is 0. The van der Waals surface area contributed by atoms with Gasteiger partial charge < -0.3 is 5.73 Å². The Bertz CT molecular complexity index is 392. The molecule has 2 rings (SSSR count). The van der Waals surface area contributed by atoms with Crippen molar-refractivity contribution < 1.29 is 4.79 Å². The van der Waals surface area contributed by atoms with Gasteiger partial charge in [-0.2, -0.15) is 4.99 Å². The number of allylic oxidation sites excluding steroid dienone is 3. The molecule has 4 nitrogen and oxygen atoms in total. The Balaban J connectivity index is 2.48. The van der Waals surface area contributed by atoms with Gasteiger partial charge in [-0.3, -0.25) is 4.79 Å². The van der Waals surface area contributed by atoms with Crippen LogP contribution in [0.2, 0.25) is 0 Å². The highest BCUT2D eigenvalue weighted by Gasteiger charge is 2.22. The lowest BCUT2D eigenvalue weighted by atomic mass is 10.0. The molecule has 0 aromatic heterocycles. The van der Waals surface area contributed by atoms with E-state index < -0.39 is 0 Å². The summed E-state index contributed by atoms with van der Waals surface area (Å²) < 4.78 is 0.227. The number of amides is 1. The predicted octanol–water partition coefficient (Wildman–Crippen LogP) is 0.582.